The van der Waals surface area contributed by atoms with Crippen molar-refractivity contribution in [1.82, 2.24) is 14.7 Å². The van der Waals surface area contributed by atoms with Crippen molar-refractivity contribution < 1.29 is 14.3 Å². The summed E-state index contributed by atoms with van der Waals surface area (Å²) in [5, 5.41) is 2.64. The predicted octanol–water partition coefficient (Wildman–Crippen LogP) is 1.74. The second-order valence-corrected chi connectivity index (χ2v) is 6.68. The Morgan fingerprint density at radius 2 is 2.08 bits per heavy atom. The fraction of sp³-hybridized carbons (Fsp3) is 0.474. The van der Waals surface area contributed by atoms with E-state index >= 15 is 0 Å². The summed E-state index contributed by atoms with van der Waals surface area (Å²) in [6.07, 6.45) is 6.70. The average molecular weight is 357 g/mol. The molecule has 2 aromatic rings. The second-order valence-electron chi connectivity index (χ2n) is 6.68. The molecule has 1 aliphatic rings. The monoisotopic (exact) mass is 357 g/mol. The van der Waals surface area contributed by atoms with E-state index in [0.717, 1.165) is 31.2 Å². The normalized spacial score (nSPS) is 15.0. The van der Waals surface area contributed by atoms with Crippen LogP contribution in [0, 0.1) is 12.8 Å². The number of carbonyl (C=O) groups excluding carboxylic acids is 2. The summed E-state index contributed by atoms with van der Waals surface area (Å²) in [5.74, 6) is -0.623. The molecule has 1 aliphatic carbocycles. The Bertz CT molecular complexity index is 869. The predicted molar refractivity (Wildman–Crippen MR) is 95.6 cm³/mol. The first-order chi connectivity index (χ1) is 12.5. The van der Waals surface area contributed by atoms with Crippen molar-refractivity contribution >= 4 is 17.5 Å². The molecular weight excluding hydrogens is 334 g/mol. The Hall–Kier alpha value is -2.70. The van der Waals surface area contributed by atoms with Crippen LogP contribution in [0.2, 0.25) is 0 Å². The van der Waals surface area contributed by atoms with Crippen molar-refractivity contribution in [2.24, 2.45) is 5.92 Å². The highest BCUT2D eigenvalue weighted by molar-refractivity contribution is 5.83. The topological polar surface area (TPSA) is 89.8 Å². The van der Waals surface area contributed by atoms with E-state index in [2.05, 4.69) is 10.3 Å². The Kier molecular flexibility index (Phi) is 5.65. The van der Waals surface area contributed by atoms with Gasteiger partial charge in [0.1, 0.15) is 18.8 Å². The van der Waals surface area contributed by atoms with Gasteiger partial charge in [0.2, 0.25) is 5.91 Å². The molecule has 0 unspecified atom stereocenters. The smallest absolute Gasteiger partial charge is 0.325 e. The van der Waals surface area contributed by atoms with Crippen LogP contribution in [0.5, 0.6) is 0 Å². The molecule has 0 radical (unpaired) electrons. The highest BCUT2D eigenvalue weighted by Crippen LogP contribution is 2.23. The van der Waals surface area contributed by atoms with Gasteiger partial charge >= 0.3 is 5.97 Å². The maximum Gasteiger partial charge on any atom is 0.325 e. The number of fused-ring (bicyclic) bond motifs is 1. The molecule has 0 atom stereocenters. The van der Waals surface area contributed by atoms with Crippen LogP contribution in [0.3, 0.4) is 0 Å². The first-order valence-electron chi connectivity index (χ1n) is 8.96. The number of hydrogen-bond donors (Lipinski definition) is 1. The minimum absolute atomic E-state index is 0.00160. The molecule has 1 fully saturated rings. The summed E-state index contributed by atoms with van der Waals surface area (Å²) < 4.78 is 6.59. The van der Waals surface area contributed by atoms with E-state index in [9.17, 15) is 14.4 Å². The van der Waals surface area contributed by atoms with Crippen LogP contribution in [0.15, 0.2) is 29.2 Å². The third kappa shape index (κ3) is 4.28. The lowest BCUT2D eigenvalue weighted by atomic mass is 9.89. The van der Waals surface area contributed by atoms with Crippen LogP contribution in [-0.2, 0) is 20.9 Å². The van der Waals surface area contributed by atoms with Gasteiger partial charge in [-0.05, 0) is 31.4 Å². The van der Waals surface area contributed by atoms with Gasteiger partial charge in [0.25, 0.3) is 5.56 Å². The van der Waals surface area contributed by atoms with Crippen LogP contribution in [0.25, 0.3) is 5.65 Å². The number of nitrogens with zero attached hydrogens (tertiary/aromatic N) is 2. The SMILES string of the molecule is Cc1cccn2c(=O)cc(COC(=O)CNC(=O)C3CCCCC3)nc12. The Morgan fingerprint density at radius 1 is 1.31 bits per heavy atom. The fourth-order valence-corrected chi connectivity index (χ4v) is 3.26. The Labute approximate surface area is 151 Å². The molecule has 1 amide bonds. The van der Waals surface area contributed by atoms with Gasteiger partial charge in [0.05, 0.1) is 5.69 Å². The summed E-state index contributed by atoms with van der Waals surface area (Å²) in [5.41, 5.74) is 1.56. The second kappa shape index (κ2) is 8.12. The summed E-state index contributed by atoms with van der Waals surface area (Å²) >= 11 is 0. The number of pyridine rings is 1. The van der Waals surface area contributed by atoms with Gasteiger partial charge < -0.3 is 10.1 Å². The molecule has 0 aliphatic heterocycles. The van der Waals surface area contributed by atoms with Crippen molar-refractivity contribution in [2.75, 3.05) is 6.54 Å². The molecule has 2 heterocycles. The molecule has 0 aromatic carbocycles. The average Bonchev–Trinajstić information content (AvgIpc) is 2.66. The zero-order chi connectivity index (χ0) is 18.5. The lowest BCUT2D eigenvalue weighted by Gasteiger charge is -2.20. The molecule has 138 valence electrons. The molecule has 0 saturated heterocycles. The number of carbonyl (C=O) groups is 2. The summed E-state index contributed by atoms with van der Waals surface area (Å²) in [4.78, 5) is 40.4. The summed E-state index contributed by atoms with van der Waals surface area (Å²) in [6, 6.07) is 4.98. The molecular formula is C19H23N3O4. The van der Waals surface area contributed by atoms with Gasteiger partial charge in [0.15, 0.2) is 0 Å². The van der Waals surface area contributed by atoms with Gasteiger partial charge in [-0.15, -0.1) is 0 Å². The van der Waals surface area contributed by atoms with E-state index in [0.29, 0.717) is 11.3 Å². The molecule has 1 N–H and O–H groups in total. The molecule has 2 aromatic heterocycles. The fourth-order valence-electron chi connectivity index (χ4n) is 3.26. The van der Waals surface area contributed by atoms with E-state index in [1.54, 1.807) is 12.3 Å². The van der Waals surface area contributed by atoms with Gasteiger partial charge in [-0.2, -0.15) is 0 Å². The number of rotatable bonds is 5. The van der Waals surface area contributed by atoms with Gasteiger partial charge in [0, 0.05) is 18.2 Å². The molecule has 1 saturated carbocycles. The summed E-state index contributed by atoms with van der Waals surface area (Å²) in [7, 11) is 0. The molecule has 7 heteroatoms. The van der Waals surface area contributed by atoms with Crippen molar-refractivity contribution in [3.8, 4) is 0 Å². The quantitative estimate of drug-likeness (QED) is 0.824. The number of nitrogens with one attached hydrogen (secondary N) is 1. The first kappa shape index (κ1) is 18.1. The molecule has 0 spiro atoms. The van der Waals surface area contributed by atoms with Crippen molar-refractivity contribution in [3.63, 3.8) is 0 Å². The molecule has 0 bridgehead atoms. The van der Waals surface area contributed by atoms with Crippen LogP contribution >= 0.6 is 0 Å². The standard InChI is InChI=1S/C19H23N3O4/c1-13-6-5-9-22-16(23)10-15(21-18(13)22)12-26-17(24)11-20-19(25)14-7-3-2-4-8-14/h5-6,9-10,14H,2-4,7-8,11-12H2,1H3,(H,20,25). The minimum Gasteiger partial charge on any atom is -0.458 e. The number of esters is 1. The summed E-state index contributed by atoms with van der Waals surface area (Å²) in [6.45, 7) is 1.59. The van der Waals surface area contributed by atoms with E-state index in [1.807, 2.05) is 13.0 Å². The van der Waals surface area contributed by atoms with Crippen LogP contribution < -0.4 is 10.9 Å². The van der Waals surface area contributed by atoms with Crippen LogP contribution in [0.4, 0.5) is 0 Å². The minimum atomic E-state index is -0.541. The van der Waals surface area contributed by atoms with Crippen molar-refractivity contribution in [3.05, 3.63) is 46.0 Å². The van der Waals surface area contributed by atoms with Gasteiger partial charge in [-0.1, -0.05) is 25.3 Å². The maximum atomic E-state index is 12.1. The Balaban J connectivity index is 1.54. The van der Waals surface area contributed by atoms with E-state index in [4.69, 9.17) is 4.74 Å². The van der Waals surface area contributed by atoms with Crippen LogP contribution in [-0.4, -0.2) is 27.8 Å². The number of hydrogen-bond acceptors (Lipinski definition) is 5. The lowest BCUT2D eigenvalue weighted by Crippen LogP contribution is -2.36. The van der Waals surface area contributed by atoms with Crippen molar-refractivity contribution in [2.45, 2.75) is 45.6 Å². The third-order valence-corrected chi connectivity index (χ3v) is 4.70. The highest BCUT2D eigenvalue weighted by atomic mass is 16.5. The largest absolute Gasteiger partial charge is 0.458 e. The lowest BCUT2D eigenvalue weighted by molar-refractivity contribution is -0.145. The first-order valence-corrected chi connectivity index (χ1v) is 8.96. The Morgan fingerprint density at radius 3 is 2.85 bits per heavy atom. The van der Waals surface area contributed by atoms with Gasteiger partial charge in [-0.25, -0.2) is 4.98 Å². The third-order valence-electron chi connectivity index (χ3n) is 4.70. The number of ether oxygens (including phenoxy) is 1. The maximum absolute atomic E-state index is 12.1. The molecule has 26 heavy (non-hydrogen) atoms. The number of aromatic nitrogens is 2. The van der Waals surface area contributed by atoms with E-state index < -0.39 is 5.97 Å². The van der Waals surface area contributed by atoms with Gasteiger partial charge in [-0.3, -0.25) is 18.8 Å². The molecule has 7 nitrogen and oxygen atoms in total. The zero-order valence-corrected chi connectivity index (χ0v) is 14.9. The van der Waals surface area contributed by atoms with E-state index in [-0.39, 0.29) is 30.5 Å². The zero-order valence-electron chi connectivity index (χ0n) is 14.9. The van der Waals surface area contributed by atoms with E-state index in [1.165, 1.54) is 16.9 Å². The van der Waals surface area contributed by atoms with Crippen molar-refractivity contribution in [1.29, 1.82) is 0 Å². The van der Waals surface area contributed by atoms with Crippen LogP contribution in [0.1, 0.15) is 43.4 Å². The number of amides is 1. The highest BCUT2D eigenvalue weighted by Gasteiger charge is 2.21. The number of aryl methyl sites for hydroxylation is 1. The molecule has 3 rings (SSSR count).